The van der Waals surface area contributed by atoms with Gasteiger partial charge in [0.05, 0.1) is 22.4 Å². The van der Waals surface area contributed by atoms with E-state index >= 15 is 0 Å². The number of fused-ring (bicyclic) bond motifs is 1. The highest BCUT2D eigenvalue weighted by atomic mass is 16.1. The van der Waals surface area contributed by atoms with Crippen molar-refractivity contribution in [3.05, 3.63) is 84.4 Å². The van der Waals surface area contributed by atoms with E-state index in [0.717, 1.165) is 46.4 Å². The Morgan fingerprint density at radius 3 is 1.89 bits per heavy atom. The molecule has 0 unspecified atom stereocenters. The predicted molar refractivity (Wildman–Crippen MR) is 114 cm³/mol. The molecular weight excluding hydrogens is 344 g/mol. The van der Waals surface area contributed by atoms with Crippen LogP contribution in [0.25, 0.3) is 33.5 Å². The Kier molecular flexibility index (Phi) is 5.24. The van der Waals surface area contributed by atoms with Crippen LogP contribution in [0.4, 0.5) is 0 Å². The first-order valence-electron chi connectivity index (χ1n) is 9.72. The molecule has 138 valence electrons. The van der Waals surface area contributed by atoms with E-state index in [9.17, 15) is 4.79 Å². The fourth-order valence-electron chi connectivity index (χ4n) is 3.30. The van der Waals surface area contributed by atoms with E-state index < -0.39 is 0 Å². The molecule has 0 atom stereocenters. The van der Waals surface area contributed by atoms with Gasteiger partial charge in [-0.05, 0) is 24.6 Å². The van der Waals surface area contributed by atoms with Crippen LogP contribution in [0.3, 0.4) is 0 Å². The number of hydrogen-bond acceptors (Lipinski definition) is 3. The van der Waals surface area contributed by atoms with E-state index in [1.807, 2.05) is 78.9 Å². The fourth-order valence-corrected chi connectivity index (χ4v) is 3.30. The first-order chi connectivity index (χ1) is 13.8. The summed E-state index contributed by atoms with van der Waals surface area (Å²) in [5, 5.41) is 0. The molecule has 0 saturated heterocycles. The highest BCUT2D eigenvalue weighted by Crippen LogP contribution is 2.31. The van der Waals surface area contributed by atoms with Crippen LogP contribution in [0.5, 0.6) is 0 Å². The zero-order valence-electron chi connectivity index (χ0n) is 15.9. The number of benzene rings is 3. The van der Waals surface area contributed by atoms with Crippen LogP contribution in [-0.2, 0) is 0 Å². The third-order valence-corrected chi connectivity index (χ3v) is 4.84. The maximum absolute atomic E-state index is 12.4. The first-order valence-corrected chi connectivity index (χ1v) is 9.72. The maximum Gasteiger partial charge on any atom is 0.162 e. The summed E-state index contributed by atoms with van der Waals surface area (Å²) in [6.07, 6.45) is 2.49. The Labute approximate surface area is 165 Å². The number of carbonyl (C=O) groups excluding carboxylic acids is 1. The zero-order chi connectivity index (χ0) is 19.3. The van der Waals surface area contributed by atoms with Gasteiger partial charge >= 0.3 is 0 Å². The van der Waals surface area contributed by atoms with Crippen LogP contribution in [0.15, 0.2) is 78.9 Å². The van der Waals surface area contributed by atoms with Gasteiger partial charge in [0, 0.05) is 23.1 Å². The quantitative estimate of drug-likeness (QED) is 0.374. The lowest BCUT2D eigenvalue weighted by atomic mass is 10.0. The molecule has 4 rings (SSSR count). The molecule has 0 radical (unpaired) electrons. The topological polar surface area (TPSA) is 42.9 Å². The Morgan fingerprint density at radius 1 is 0.750 bits per heavy atom. The SMILES string of the molecule is CCCCC(=O)c1ccc2nc(-c3ccccc3)c(-c3ccccc3)nc2c1. The molecular formula is C25H22N2O. The van der Waals surface area contributed by atoms with Crippen LogP contribution in [0.2, 0.25) is 0 Å². The minimum atomic E-state index is 0.166. The van der Waals surface area contributed by atoms with Crippen molar-refractivity contribution in [1.82, 2.24) is 9.97 Å². The molecule has 0 aliphatic heterocycles. The lowest BCUT2D eigenvalue weighted by Gasteiger charge is -2.11. The van der Waals surface area contributed by atoms with Crippen LogP contribution in [-0.4, -0.2) is 15.8 Å². The van der Waals surface area contributed by atoms with Crippen molar-refractivity contribution in [3.8, 4) is 22.5 Å². The number of rotatable bonds is 6. The Bertz CT molecular complexity index is 1110. The van der Waals surface area contributed by atoms with Gasteiger partial charge in [0.2, 0.25) is 0 Å². The normalized spacial score (nSPS) is 10.9. The molecule has 0 aliphatic rings. The predicted octanol–water partition coefficient (Wildman–Crippen LogP) is 6.34. The highest BCUT2D eigenvalue weighted by molar-refractivity contribution is 5.99. The van der Waals surface area contributed by atoms with Crippen molar-refractivity contribution in [3.63, 3.8) is 0 Å². The molecule has 0 bridgehead atoms. The number of nitrogens with zero attached hydrogens (tertiary/aromatic N) is 2. The summed E-state index contributed by atoms with van der Waals surface area (Å²) in [6, 6.07) is 25.8. The number of hydrogen-bond donors (Lipinski definition) is 0. The summed E-state index contributed by atoms with van der Waals surface area (Å²) in [6.45, 7) is 2.09. The van der Waals surface area contributed by atoms with Gasteiger partial charge in [-0.25, -0.2) is 9.97 Å². The van der Waals surface area contributed by atoms with E-state index in [4.69, 9.17) is 9.97 Å². The van der Waals surface area contributed by atoms with E-state index in [1.54, 1.807) is 0 Å². The molecule has 0 fully saturated rings. The second-order valence-electron chi connectivity index (χ2n) is 6.88. The molecule has 3 nitrogen and oxygen atoms in total. The van der Waals surface area contributed by atoms with Gasteiger partial charge in [0.15, 0.2) is 5.78 Å². The smallest absolute Gasteiger partial charge is 0.162 e. The largest absolute Gasteiger partial charge is 0.294 e. The third kappa shape index (κ3) is 3.70. The number of unbranched alkanes of at least 4 members (excludes halogenated alkanes) is 1. The molecule has 3 aromatic carbocycles. The second-order valence-corrected chi connectivity index (χ2v) is 6.88. The van der Waals surface area contributed by atoms with Crippen molar-refractivity contribution in [1.29, 1.82) is 0 Å². The molecule has 0 saturated carbocycles. The highest BCUT2D eigenvalue weighted by Gasteiger charge is 2.14. The van der Waals surface area contributed by atoms with Crippen molar-refractivity contribution in [2.75, 3.05) is 0 Å². The molecule has 1 aromatic heterocycles. The second kappa shape index (κ2) is 8.13. The summed E-state index contributed by atoms with van der Waals surface area (Å²) in [7, 11) is 0. The van der Waals surface area contributed by atoms with Gasteiger partial charge in [0.25, 0.3) is 0 Å². The third-order valence-electron chi connectivity index (χ3n) is 4.84. The summed E-state index contributed by atoms with van der Waals surface area (Å²) < 4.78 is 0. The first kappa shape index (κ1) is 18.1. The molecule has 0 spiro atoms. The van der Waals surface area contributed by atoms with Crippen molar-refractivity contribution >= 4 is 16.8 Å². The minimum absolute atomic E-state index is 0.166. The minimum Gasteiger partial charge on any atom is -0.294 e. The van der Waals surface area contributed by atoms with E-state index in [1.165, 1.54) is 0 Å². The fraction of sp³-hybridized carbons (Fsp3) is 0.160. The Balaban J connectivity index is 1.88. The maximum atomic E-state index is 12.4. The van der Waals surface area contributed by atoms with Gasteiger partial charge in [-0.3, -0.25) is 4.79 Å². The average molecular weight is 366 g/mol. The lowest BCUT2D eigenvalue weighted by molar-refractivity contribution is 0.0980. The van der Waals surface area contributed by atoms with E-state index in [0.29, 0.717) is 12.0 Å². The number of Topliss-reactive ketones (excluding diaryl/α,β-unsaturated/α-hetero) is 1. The standard InChI is InChI=1S/C25H22N2O/c1-2-3-14-23(28)20-15-16-21-22(17-20)27-25(19-12-8-5-9-13-19)24(26-21)18-10-6-4-7-11-18/h4-13,15-17H,2-3,14H2,1H3. The van der Waals surface area contributed by atoms with Crippen LogP contribution < -0.4 is 0 Å². The summed E-state index contributed by atoms with van der Waals surface area (Å²) in [4.78, 5) is 22.3. The van der Waals surface area contributed by atoms with Crippen molar-refractivity contribution < 1.29 is 4.79 Å². The summed E-state index contributed by atoms with van der Waals surface area (Å²) >= 11 is 0. The zero-order valence-corrected chi connectivity index (χ0v) is 15.9. The number of aromatic nitrogens is 2. The molecule has 28 heavy (non-hydrogen) atoms. The number of ketones is 1. The van der Waals surface area contributed by atoms with Crippen LogP contribution in [0.1, 0.15) is 36.5 Å². The monoisotopic (exact) mass is 366 g/mol. The summed E-state index contributed by atoms with van der Waals surface area (Å²) in [5.74, 6) is 0.166. The van der Waals surface area contributed by atoms with Gasteiger partial charge in [-0.15, -0.1) is 0 Å². The van der Waals surface area contributed by atoms with Gasteiger partial charge in [-0.2, -0.15) is 0 Å². The van der Waals surface area contributed by atoms with E-state index in [2.05, 4.69) is 6.92 Å². The van der Waals surface area contributed by atoms with Gasteiger partial charge in [0.1, 0.15) is 0 Å². The van der Waals surface area contributed by atoms with Crippen LogP contribution >= 0.6 is 0 Å². The number of carbonyl (C=O) groups is 1. The van der Waals surface area contributed by atoms with Gasteiger partial charge in [-0.1, -0.05) is 74.0 Å². The van der Waals surface area contributed by atoms with Crippen molar-refractivity contribution in [2.45, 2.75) is 26.2 Å². The van der Waals surface area contributed by atoms with Gasteiger partial charge < -0.3 is 0 Å². The Morgan fingerprint density at radius 2 is 1.32 bits per heavy atom. The lowest BCUT2D eigenvalue weighted by Crippen LogP contribution is -2.01. The molecule has 0 aliphatic carbocycles. The molecule has 1 heterocycles. The Hall–Kier alpha value is -3.33. The summed E-state index contributed by atoms with van der Waals surface area (Å²) in [5.41, 5.74) is 5.98. The molecule has 3 heteroatoms. The molecule has 0 amide bonds. The molecule has 4 aromatic rings. The molecule has 0 N–H and O–H groups in total. The average Bonchev–Trinajstić information content (AvgIpc) is 2.77. The van der Waals surface area contributed by atoms with Crippen LogP contribution in [0, 0.1) is 0 Å². The van der Waals surface area contributed by atoms with Crippen molar-refractivity contribution in [2.24, 2.45) is 0 Å². The van der Waals surface area contributed by atoms with E-state index in [-0.39, 0.29) is 5.78 Å².